The van der Waals surface area contributed by atoms with Crippen LogP contribution in [-0.4, -0.2) is 27.6 Å². The second kappa shape index (κ2) is 5.03. The predicted molar refractivity (Wildman–Crippen MR) is 61.9 cm³/mol. The van der Waals surface area contributed by atoms with Crippen molar-refractivity contribution < 1.29 is 24.2 Å². The zero-order chi connectivity index (χ0) is 13.9. The van der Waals surface area contributed by atoms with Gasteiger partial charge in [0, 0.05) is 0 Å². The summed E-state index contributed by atoms with van der Waals surface area (Å²) in [4.78, 5) is 22.8. The Morgan fingerprint density at radius 3 is 2.56 bits per heavy atom. The number of halogens is 1. The maximum absolute atomic E-state index is 13.0. The fourth-order valence-corrected chi connectivity index (χ4v) is 1.30. The smallest absolute Gasteiger partial charge is 0.329 e. The van der Waals surface area contributed by atoms with Gasteiger partial charge in [0.25, 0.3) is 5.91 Å². The van der Waals surface area contributed by atoms with E-state index in [-0.39, 0.29) is 12.0 Å². The van der Waals surface area contributed by atoms with E-state index >= 15 is 0 Å². The number of carbonyl (C=O) groups excluding carboxylic acids is 1. The maximum atomic E-state index is 13.0. The van der Waals surface area contributed by atoms with E-state index in [1.807, 2.05) is 0 Å². The van der Waals surface area contributed by atoms with Gasteiger partial charge >= 0.3 is 5.97 Å². The van der Waals surface area contributed by atoms with Crippen molar-refractivity contribution in [1.29, 1.82) is 0 Å². The zero-order valence-corrected chi connectivity index (χ0v) is 10.0. The number of aromatic hydroxyl groups is 1. The molecule has 1 rings (SSSR count). The number of phenols is 1. The molecule has 0 bridgehead atoms. The van der Waals surface area contributed by atoms with Crippen LogP contribution in [0.1, 0.15) is 30.6 Å². The number of benzene rings is 1. The summed E-state index contributed by atoms with van der Waals surface area (Å²) in [5.41, 5.74) is -1.76. The van der Waals surface area contributed by atoms with Gasteiger partial charge in [-0.1, -0.05) is 6.92 Å². The van der Waals surface area contributed by atoms with Crippen LogP contribution < -0.4 is 5.32 Å². The lowest BCUT2D eigenvalue weighted by Gasteiger charge is -2.24. The van der Waals surface area contributed by atoms with E-state index in [1.54, 1.807) is 6.92 Å². The molecule has 98 valence electrons. The van der Waals surface area contributed by atoms with Crippen molar-refractivity contribution in [3.8, 4) is 5.75 Å². The molecule has 0 aliphatic heterocycles. The molecule has 0 fully saturated rings. The van der Waals surface area contributed by atoms with Crippen LogP contribution in [0.2, 0.25) is 0 Å². The van der Waals surface area contributed by atoms with Crippen molar-refractivity contribution >= 4 is 11.9 Å². The number of rotatable bonds is 4. The Hall–Kier alpha value is -2.11. The third-order valence-corrected chi connectivity index (χ3v) is 2.77. The second-order valence-electron chi connectivity index (χ2n) is 4.11. The number of carboxylic acids is 1. The Morgan fingerprint density at radius 1 is 1.44 bits per heavy atom. The molecule has 0 heterocycles. The standard InChI is InChI=1S/C12H14FNO4/c1-3-12(2,11(17)18)14-10(16)8-6-7(13)4-5-9(8)15/h4-6,15H,3H2,1-2H3,(H,14,16)(H,17,18). The van der Waals surface area contributed by atoms with Crippen molar-refractivity contribution in [2.24, 2.45) is 0 Å². The Labute approximate surface area is 103 Å². The van der Waals surface area contributed by atoms with Crippen molar-refractivity contribution in [2.75, 3.05) is 0 Å². The van der Waals surface area contributed by atoms with E-state index in [1.165, 1.54) is 6.92 Å². The largest absolute Gasteiger partial charge is 0.507 e. The topological polar surface area (TPSA) is 86.6 Å². The Morgan fingerprint density at radius 2 is 2.06 bits per heavy atom. The number of phenolic OH excluding ortho intramolecular Hbond substituents is 1. The molecule has 1 atom stereocenters. The molecule has 1 aromatic carbocycles. The minimum absolute atomic E-state index is 0.157. The molecule has 18 heavy (non-hydrogen) atoms. The van der Waals surface area contributed by atoms with Crippen molar-refractivity contribution in [2.45, 2.75) is 25.8 Å². The van der Waals surface area contributed by atoms with Gasteiger partial charge in [-0.15, -0.1) is 0 Å². The molecule has 5 nitrogen and oxygen atoms in total. The lowest BCUT2D eigenvalue weighted by Crippen LogP contribution is -2.51. The molecule has 1 amide bonds. The monoisotopic (exact) mass is 255 g/mol. The summed E-state index contributed by atoms with van der Waals surface area (Å²) in [6.45, 7) is 2.93. The van der Waals surface area contributed by atoms with E-state index in [0.29, 0.717) is 0 Å². The number of hydrogen-bond acceptors (Lipinski definition) is 3. The molecule has 6 heteroatoms. The van der Waals surface area contributed by atoms with E-state index in [4.69, 9.17) is 5.11 Å². The highest BCUT2D eigenvalue weighted by atomic mass is 19.1. The predicted octanol–water partition coefficient (Wildman–Crippen LogP) is 1.51. The van der Waals surface area contributed by atoms with Crippen LogP contribution in [0.15, 0.2) is 18.2 Å². The quantitative estimate of drug-likeness (QED) is 0.761. The summed E-state index contributed by atoms with van der Waals surface area (Å²) in [6, 6.07) is 2.89. The van der Waals surface area contributed by atoms with Crippen LogP contribution in [0, 0.1) is 5.82 Å². The molecular formula is C12H14FNO4. The third-order valence-electron chi connectivity index (χ3n) is 2.77. The van der Waals surface area contributed by atoms with E-state index in [9.17, 15) is 19.1 Å². The first-order valence-electron chi connectivity index (χ1n) is 5.34. The lowest BCUT2D eigenvalue weighted by atomic mass is 9.98. The summed E-state index contributed by atoms with van der Waals surface area (Å²) in [5, 5.41) is 20.7. The van der Waals surface area contributed by atoms with Crippen LogP contribution in [0.4, 0.5) is 4.39 Å². The number of amides is 1. The van der Waals surface area contributed by atoms with Gasteiger partial charge in [0.05, 0.1) is 5.56 Å². The van der Waals surface area contributed by atoms with Gasteiger partial charge < -0.3 is 15.5 Å². The summed E-state index contributed by atoms with van der Waals surface area (Å²) in [6.07, 6.45) is 0.157. The van der Waals surface area contributed by atoms with Gasteiger partial charge in [-0.2, -0.15) is 0 Å². The van der Waals surface area contributed by atoms with Crippen LogP contribution in [0.3, 0.4) is 0 Å². The number of aliphatic carboxylic acids is 1. The first-order valence-corrected chi connectivity index (χ1v) is 5.34. The molecule has 0 saturated carbocycles. The van der Waals surface area contributed by atoms with Crippen molar-refractivity contribution in [1.82, 2.24) is 5.32 Å². The highest BCUT2D eigenvalue weighted by Crippen LogP contribution is 2.19. The van der Waals surface area contributed by atoms with E-state index in [2.05, 4.69) is 5.32 Å². The molecule has 3 N–H and O–H groups in total. The molecule has 1 aromatic rings. The van der Waals surface area contributed by atoms with Crippen LogP contribution in [0.5, 0.6) is 5.75 Å². The Balaban J connectivity index is 3.02. The first-order chi connectivity index (χ1) is 8.30. The average molecular weight is 255 g/mol. The van der Waals surface area contributed by atoms with Crippen LogP contribution in [0.25, 0.3) is 0 Å². The summed E-state index contributed by atoms with van der Waals surface area (Å²) in [7, 11) is 0. The highest BCUT2D eigenvalue weighted by Gasteiger charge is 2.33. The summed E-state index contributed by atoms with van der Waals surface area (Å²) >= 11 is 0. The average Bonchev–Trinajstić information content (AvgIpc) is 2.31. The van der Waals surface area contributed by atoms with E-state index < -0.39 is 29.0 Å². The van der Waals surface area contributed by atoms with Crippen LogP contribution in [-0.2, 0) is 4.79 Å². The summed E-state index contributed by atoms with van der Waals surface area (Å²) in [5.74, 6) is -3.13. The fourth-order valence-electron chi connectivity index (χ4n) is 1.30. The minimum Gasteiger partial charge on any atom is -0.507 e. The van der Waals surface area contributed by atoms with Gasteiger partial charge in [-0.3, -0.25) is 4.79 Å². The van der Waals surface area contributed by atoms with Gasteiger partial charge in [0.2, 0.25) is 0 Å². The molecule has 0 saturated heterocycles. The van der Waals surface area contributed by atoms with Gasteiger partial charge in [-0.05, 0) is 31.5 Å². The minimum atomic E-state index is -1.46. The van der Waals surface area contributed by atoms with Crippen LogP contribution >= 0.6 is 0 Å². The fraction of sp³-hybridized carbons (Fsp3) is 0.333. The molecular weight excluding hydrogens is 241 g/mol. The molecule has 0 aliphatic rings. The number of carboxylic acid groups (broad SMARTS) is 1. The zero-order valence-electron chi connectivity index (χ0n) is 10.0. The number of nitrogens with one attached hydrogen (secondary N) is 1. The number of hydrogen-bond donors (Lipinski definition) is 3. The SMILES string of the molecule is CCC(C)(NC(=O)c1cc(F)ccc1O)C(=O)O. The van der Waals surface area contributed by atoms with Gasteiger partial charge in [0.1, 0.15) is 17.1 Å². The first kappa shape index (κ1) is 14.0. The molecule has 1 unspecified atom stereocenters. The Bertz CT molecular complexity index is 489. The van der Waals surface area contributed by atoms with Crippen molar-refractivity contribution in [3.63, 3.8) is 0 Å². The molecule has 0 spiro atoms. The Kier molecular flexibility index (Phi) is 3.90. The van der Waals surface area contributed by atoms with Crippen molar-refractivity contribution in [3.05, 3.63) is 29.6 Å². The highest BCUT2D eigenvalue weighted by molar-refractivity contribution is 5.99. The molecule has 0 aliphatic carbocycles. The third kappa shape index (κ3) is 2.77. The number of carbonyl (C=O) groups is 2. The maximum Gasteiger partial charge on any atom is 0.329 e. The second-order valence-corrected chi connectivity index (χ2v) is 4.11. The normalized spacial score (nSPS) is 13.7. The van der Waals surface area contributed by atoms with Gasteiger partial charge in [-0.25, -0.2) is 9.18 Å². The lowest BCUT2D eigenvalue weighted by molar-refractivity contribution is -0.143. The molecule has 0 aromatic heterocycles. The van der Waals surface area contributed by atoms with Gasteiger partial charge in [0.15, 0.2) is 0 Å². The molecule has 0 radical (unpaired) electrons. The summed E-state index contributed by atoms with van der Waals surface area (Å²) < 4.78 is 13.0. The van der Waals surface area contributed by atoms with E-state index in [0.717, 1.165) is 18.2 Å².